The molecule has 2 nitrogen and oxygen atoms in total. The van der Waals surface area contributed by atoms with E-state index >= 15 is 0 Å². The normalized spacial score (nSPS) is 31.3. The summed E-state index contributed by atoms with van der Waals surface area (Å²) < 4.78 is 11.1. The van der Waals surface area contributed by atoms with E-state index in [1.807, 2.05) is 0 Å². The molecular weight excluding hydrogens is 263 g/mol. The fraction of sp³-hybridized carbons (Fsp3) is 0.200. The second-order valence-corrected chi connectivity index (χ2v) is 11.6. The van der Waals surface area contributed by atoms with Crippen LogP contribution in [0.3, 0.4) is 0 Å². The Balaban J connectivity index is 3.39. The molecule has 0 saturated heterocycles. The highest BCUT2D eigenvalue weighted by atomic mass is 31.1. The smallest absolute Gasteiger partial charge is 0.160 e. The largest absolute Gasteiger partial charge is 0.514 e. The minimum atomic E-state index is -2.01. The van der Waals surface area contributed by atoms with Crippen LogP contribution in [-0.2, 0) is 4.57 Å². The van der Waals surface area contributed by atoms with Gasteiger partial charge >= 0.3 is 8.03 Å². The van der Waals surface area contributed by atoms with Gasteiger partial charge in [0.15, 0.2) is 0 Å². The number of hydrogen-bond acceptors (Lipinski definition) is 1. The van der Waals surface area contributed by atoms with Gasteiger partial charge in [0.2, 0.25) is 4.78 Å². The molecule has 1 unspecified atom stereocenters. The van der Waals surface area contributed by atoms with E-state index in [4.69, 9.17) is 0 Å². The molecule has 0 heterocycles. The first kappa shape index (κ1) is 11.7. The van der Waals surface area contributed by atoms with Gasteiger partial charge in [0, 0.05) is 41.0 Å². The van der Waals surface area contributed by atoms with Crippen LogP contribution in [0.2, 0.25) is 0 Å². The van der Waals surface area contributed by atoms with Gasteiger partial charge in [0.25, 0.3) is 0 Å². The molecule has 0 saturated carbocycles. The van der Waals surface area contributed by atoms with Gasteiger partial charge in [-0.15, -0.1) is 0 Å². The predicted octanol–water partition coefficient (Wildman–Crippen LogP) is -5.32. The summed E-state index contributed by atoms with van der Waals surface area (Å²) in [6, 6.07) is 0. The van der Waals surface area contributed by atoms with Gasteiger partial charge in [-0.25, -0.2) is 0 Å². The predicted molar refractivity (Wildman–Crippen MR) is 76.3 cm³/mol. The third-order valence-corrected chi connectivity index (χ3v) is 20.0. The molecule has 1 atom stereocenters. The highest BCUT2D eigenvalue weighted by Gasteiger charge is 2.51. The summed E-state index contributed by atoms with van der Waals surface area (Å²) >= 11 is 0. The van der Waals surface area contributed by atoms with Crippen LogP contribution in [0.1, 0.15) is 0 Å². The van der Waals surface area contributed by atoms with E-state index in [1.54, 1.807) is 0 Å². The van der Waals surface area contributed by atoms with Gasteiger partial charge in [0.1, 0.15) is 0 Å². The lowest BCUT2D eigenvalue weighted by Gasteiger charge is -2.14. The molecule has 0 spiro atoms. The van der Waals surface area contributed by atoms with Crippen LogP contribution in [0.4, 0.5) is 0 Å². The average Bonchev–Trinajstić information content (AvgIpc) is 2.22. The minimum absolute atomic E-state index is 0.290. The second-order valence-electron chi connectivity index (χ2n) is 3.85. The van der Waals surface area contributed by atoms with Crippen LogP contribution in [0.5, 0.6) is 0 Å². The van der Waals surface area contributed by atoms with Crippen molar-refractivity contribution >= 4 is 59.2 Å². The summed E-state index contributed by atoms with van der Waals surface area (Å²) in [5.41, 5.74) is 0. The molecule has 1 rings (SSSR count). The first-order valence-corrected chi connectivity index (χ1v) is 10.6. The Bertz CT molecular complexity index is 323. The van der Waals surface area contributed by atoms with Crippen LogP contribution in [0.25, 0.3) is 0 Å². The zero-order valence-electron chi connectivity index (χ0n) is 8.80. The number of allylic oxidation sites excluding steroid dienone is 4. The highest BCUT2D eigenvalue weighted by Crippen LogP contribution is 2.48. The molecule has 72 valence electrons. The van der Waals surface area contributed by atoms with Crippen molar-refractivity contribution in [1.82, 2.24) is 0 Å². The van der Waals surface area contributed by atoms with E-state index < -0.39 is 8.03 Å². The molecule has 0 amide bonds. The van der Waals surface area contributed by atoms with E-state index in [1.165, 1.54) is 20.8 Å². The van der Waals surface area contributed by atoms with E-state index in [0.717, 1.165) is 51.2 Å². The Morgan fingerprint density at radius 1 is 1.08 bits per heavy atom. The molecule has 0 fully saturated rings. The van der Waals surface area contributed by atoms with Gasteiger partial charge in [0.05, 0.1) is 10.2 Å². The fourth-order valence-electron chi connectivity index (χ4n) is 1.86. The average molecular weight is 280 g/mol. The standard InChI is InChI=1S/C5H15O2PSi5/c6-8(7)5(13)3(11)1(9)2(10)4(5)12/h9-13H3/p+1. The van der Waals surface area contributed by atoms with Gasteiger partial charge in [-0.1, -0.05) is 10.4 Å². The highest BCUT2D eigenvalue weighted by molar-refractivity contribution is 7.44. The second kappa shape index (κ2) is 3.65. The van der Waals surface area contributed by atoms with Crippen molar-refractivity contribution in [2.24, 2.45) is 0 Å². The van der Waals surface area contributed by atoms with E-state index in [0.29, 0.717) is 0 Å². The van der Waals surface area contributed by atoms with E-state index in [2.05, 4.69) is 0 Å². The van der Waals surface area contributed by atoms with Crippen molar-refractivity contribution in [3.63, 3.8) is 0 Å². The van der Waals surface area contributed by atoms with Crippen molar-refractivity contribution in [3.8, 4) is 0 Å². The molecule has 13 heavy (non-hydrogen) atoms. The lowest BCUT2D eigenvalue weighted by molar-refractivity contribution is 0.496. The van der Waals surface area contributed by atoms with Crippen LogP contribution in [0.15, 0.2) is 20.8 Å². The van der Waals surface area contributed by atoms with Crippen molar-refractivity contribution < 1.29 is 9.46 Å². The summed E-state index contributed by atoms with van der Waals surface area (Å²) in [6.07, 6.45) is 0. The van der Waals surface area contributed by atoms with Crippen molar-refractivity contribution in [2.45, 2.75) is 4.78 Å². The molecule has 0 aromatic carbocycles. The fourth-order valence-corrected chi connectivity index (χ4v) is 10.8. The lowest BCUT2D eigenvalue weighted by atomic mass is 10.4. The maximum Gasteiger partial charge on any atom is 0.514 e. The zero-order chi connectivity index (χ0) is 10.4. The molecule has 1 N–H and O–H groups in total. The summed E-state index contributed by atoms with van der Waals surface area (Å²) in [6.45, 7) is 0. The quantitative estimate of drug-likeness (QED) is 0.385. The molecule has 0 radical (unpaired) electrons. The summed E-state index contributed by atoms with van der Waals surface area (Å²) in [4.78, 5) is 9.44. The summed E-state index contributed by atoms with van der Waals surface area (Å²) in [7, 11) is 2.92. The van der Waals surface area contributed by atoms with Crippen molar-refractivity contribution in [3.05, 3.63) is 20.8 Å². The van der Waals surface area contributed by atoms with Crippen LogP contribution in [-0.4, -0.2) is 60.9 Å². The minimum Gasteiger partial charge on any atom is -0.160 e. The molecule has 0 aromatic heterocycles. The maximum atomic E-state index is 11.4. The van der Waals surface area contributed by atoms with Crippen LogP contribution in [0, 0.1) is 0 Å². The van der Waals surface area contributed by atoms with E-state index in [9.17, 15) is 9.46 Å². The third-order valence-electron chi connectivity index (χ3n) is 3.53. The summed E-state index contributed by atoms with van der Waals surface area (Å²) in [5, 5.41) is 5.72. The first-order chi connectivity index (χ1) is 5.83. The van der Waals surface area contributed by atoms with Crippen LogP contribution < -0.4 is 0 Å². The monoisotopic (exact) mass is 279 g/mol. The van der Waals surface area contributed by atoms with Gasteiger partial charge in [-0.3, -0.25) is 0 Å². The third kappa shape index (κ3) is 1.52. The van der Waals surface area contributed by atoms with E-state index in [-0.39, 0.29) is 4.78 Å². The molecule has 1 aliphatic rings. The van der Waals surface area contributed by atoms with Gasteiger partial charge < -0.3 is 0 Å². The van der Waals surface area contributed by atoms with Gasteiger partial charge in [-0.2, -0.15) is 4.89 Å². The van der Waals surface area contributed by atoms with Crippen molar-refractivity contribution in [2.75, 3.05) is 0 Å². The zero-order valence-corrected chi connectivity index (χ0v) is 19.7. The molecule has 0 aromatic rings. The lowest BCUT2D eigenvalue weighted by Crippen LogP contribution is -2.29. The Labute approximate surface area is 94.3 Å². The Hall–Kier alpha value is 0.624. The van der Waals surface area contributed by atoms with Crippen LogP contribution >= 0.6 is 8.03 Å². The Morgan fingerprint density at radius 2 is 1.38 bits per heavy atom. The molecular formula is C5H16O2PSi5+. The SMILES string of the molecule is O=[P+](O)C1([SiH3])C([SiH3])=C([SiH3])C([SiH3])=C1[SiH3]. The molecule has 8 heteroatoms. The maximum absolute atomic E-state index is 11.4. The molecule has 0 aliphatic heterocycles. The Morgan fingerprint density at radius 3 is 1.54 bits per heavy atom. The number of hydrogen-bond donors (Lipinski definition) is 1. The molecule has 1 aliphatic carbocycles. The topological polar surface area (TPSA) is 37.3 Å². The summed E-state index contributed by atoms with van der Waals surface area (Å²) in [5.74, 6) is 0. The number of rotatable bonds is 1. The van der Waals surface area contributed by atoms with Crippen molar-refractivity contribution in [1.29, 1.82) is 0 Å². The molecule has 0 bridgehead atoms. The van der Waals surface area contributed by atoms with Gasteiger partial charge in [-0.05, 0) is 15.0 Å². The first-order valence-electron chi connectivity index (χ1n) is 4.36. The Kier molecular flexibility index (Phi) is 3.28.